The van der Waals surface area contributed by atoms with Crippen molar-refractivity contribution in [2.45, 2.75) is 71.5 Å². The molecular formula is C14H28O2. The Kier molecular flexibility index (Phi) is 4.81. The van der Waals surface area contributed by atoms with Crippen LogP contribution in [0, 0.1) is 17.8 Å². The third kappa shape index (κ3) is 4.42. The molecule has 2 N–H and O–H groups in total. The molecule has 1 aliphatic carbocycles. The van der Waals surface area contributed by atoms with Crippen molar-refractivity contribution in [3.63, 3.8) is 0 Å². The highest BCUT2D eigenvalue weighted by Gasteiger charge is 2.31. The fraction of sp³-hybridized carbons (Fsp3) is 1.00. The minimum absolute atomic E-state index is 0.141. The molecule has 0 bridgehead atoms. The predicted octanol–water partition coefficient (Wildman–Crippen LogP) is 2.97. The summed E-state index contributed by atoms with van der Waals surface area (Å²) in [5.41, 5.74) is -0.593. The minimum atomic E-state index is -0.593. The SMILES string of the molecule is CC(C)C1CCC(O)C(CCC(C)(C)O)C1. The van der Waals surface area contributed by atoms with Crippen LogP contribution >= 0.6 is 0 Å². The second-order valence-electron chi connectivity index (χ2n) is 6.50. The summed E-state index contributed by atoms with van der Waals surface area (Å²) in [5.74, 6) is 1.87. The van der Waals surface area contributed by atoms with Crippen LogP contribution in [-0.2, 0) is 0 Å². The zero-order chi connectivity index (χ0) is 12.3. The molecule has 1 aliphatic rings. The van der Waals surface area contributed by atoms with Crippen LogP contribution in [0.1, 0.15) is 59.8 Å². The number of hydrogen-bond donors (Lipinski definition) is 2. The van der Waals surface area contributed by atoms with Gasteiger partial charge in [-0.15, -0.1) is 0 Å². The number of hydrogen-bond acceptors (Lipinski definition) is 2. The molecule has 0 radical (unpaired) electrons. The highest BCUT2D eigenvalue weighted by molar-refractivity contribution is 4.82. The van der Waals surface area contributed by atoms with Crippen molar-refractivity contribution in [2.75, 3.05) is 0 Å². The molecule has 3 atom stereocenters. The summed E-state index contributed by atoms with van der Waals surface area (Å²) in [7, 11) is 0. The topological polar surface area (TPSA) is 40.5 Å². The minimum Gasteiger partial charge on any atom is -0.393 e. The van der Waals surface area contributed by atoms with E-state index < -0.39 is 5.60 Å². The fourth-order valence-corrected chi connectivity index (χ4v) is 2.74. The smallest absolute Gasteiger partial charge is 0.0591 e. The molecule has 0 aromatic rings. The largest absolute Gasteiger partial charge is 0.393 e. The van der Waals surface area contributed by atoms with Crippen molar-refractivity contribution >= 4 is 0 Å². The van der Waals surface area contributed by atoms with Gasteiger partial charge in [0, 0.05) is 0 Å². The van der Waals surface area contributed by atoms with Gasteiger partial charge in [-0.1, -0.05) is 13.8 Å². The van der Waals surface area contributed by atoms with E-state index in [0.717, 1.165) is 43.9 Å². The van der Waals surface area contributed by atoms with Gasteiger partial charge in [-0.2, -0.15) is 0 Å². The van der Waals surface area contributed by atoms with Crippen LogP contribution in [0.3, 0.4) is 0 Å². The first-order valence-corrected chi connectivity index (χ1v) is 6.70. The lowest BCUT2D eigenvalue weighted by Gasteiger charge is -2.36. The second-order valence-corrected chi connectivity index (χ2v) is 6.50. The Hall–Kier alpha value is -0.0800. The van der Waals surface area contributed by atoms with Crippen LogP contribution in [0.25, 0.3) is 0 Å². The molecule has 0 spiro atoms. The summed E-state index contributed by atoms with van der Waals surface area (Å²) in [6.45, 7) is 8.25. The van der Waals surface area contributed by atoms with E-state index in [1.165, 1.54) is 0 Å². The van der Waals surface area contributed by atoms with Crippen molar-refractivity contribution in [3.8, 4) is 0 Å². The lowest BCUT2D eigenvalue weighted by Crippen LogP contribution is -2.32. The predicted molar refractivity (Wildman–Crippen MR) is 67.2 cm³/mol. The standard InChI is InChI=1S/C14H28O2/c1-10(2)11-5-6-13(15)12(9-11)7-8-14(3,4)16/h10-13,15-16H,5-9H2,1-4H3. The van der Waals surface area contributed by atoms with E-state index in [1.807, 2.05) is 13.8 Å². The first-order chi connectivity index (χ1) is 7.29. The van der Waals surface area contributed by atoms with Crippen LogP contribution < -0.4 is 0 Å². The molecular weight excluding hydrogens is 200 g/mol. The van der Waals surface area contributed by atoms with Gasteiger partial charge in [0.25, 0.3) is 0 Å². The van der Waals surface area contributed by atoms with Crippen LogP contribution in [-0.4, -0.2) is 21.9 Å². The third-order valence-electron chi connectivity index (χ3n) is 4.05. The van der Waals surface area contributed by atoms with E-state index in [1.54, 1.807) is 0 Å². The van der Waals surface area contributed by atoms with Crippen LogP contribution in [0.4, 0.5) is 0 Å². The molecule has 0 saturated heterocycles. The Balaban J connectivity index is 2.44. The monoisotopic (exact) mass is 228 g/mol. The lowest BCUT2D eigenvalue weighted by molar-refractivity contribution is 0.0107. The van der Waals surface area contributed by atoms with Gasteiger partial charge in [-0.05, 0) is 63.7 Å². The van der Waals surface area contributed by atoms with Crippen molar-refractivity contribution in [1.82, 2.24) is 0 Å². The Labute approximate surface area is 100 Å². The van der Waals surface area contributed by atoms with Gasteiger partial charge in [0.05, 0.1) is 11.7 Å². The molecule has 0 aromatic carbocycles. The van der Waals surface area contributed by atoms with Gasteiger partial charge in [0.15, 0.2) is 0 Å². The maximum Gasteiger partial charge on any atom is 0.0591 e. The molecule has 0 aromatic heterocycles. The van der Waals surface area contributed by atoms with Gasteiger partial charge in [-0.3, -0.25) is 0 Å². The molecule has 0 amide bonds. The number of rotatable bonds is 4. The molecule has 1 saturated carbocycles. The molecule has 2 heteroatoms. The first-order valence-electron chi connectivity index (χ1n) is 6.70. The summed E-state index contributed by atoms with van der Waals surface area (Å²) in [5, 5.41) is 19.7. The average Bonchev–Trinajstić information content (AvgIpc) is 2.14. The fourth-order valence-electron chi connectivity index (χ4n) is 2.74. The molecule has 0 heterocycles. The zero-order valence-corrected chi connectivity index (χ0v) is 11.2. The van der Waals surface area contributed by atoms with E-state index in [4.69, 9.17) is 0 Å². The van der Waals surface area contributed by atoms with Crippen LogP contribution in [0.5, 0.6) is 0 Å². The summed E-state index contributed by atoms with van der Waals surface area (Å²) >= 11 is 0. The molecule has 96 valence electrons. The quantitative estimate of drug-likeness (QED) is 0.776. The van der Waals surface area contributed by atoms with Gasteiger partial charge in [0.1, 0.15) is 0 Å². The molecule has 1 rings (SSSR count). The van der Waals surface area contributed by atoms with E-state index in [0.29, 0.717) is 5.92 Å². The van der Waals surface area contributed by atoms with Crippen molar-refractivity contribution < 1.29 is 10.2 Å². The van der Waals surface area contributed by atoms with Crippen LogP contribution in [0.15, 0.2) is 0 Å². The number of aliphatic hydroxyl groups excluding tert-OH is 1. The van der Waals surface area contributed by atoms with Crippen molar-refractivity contribution in [2.24, 2.45) is 17.8 Å². The van der Waals surface area contributed by atoms with E-state index in [9.17, 15) is 10.2 Å². The third-order valence-corrected chi connectivity index (χ3v) is 4.05. The number of aliphatic hydroxyl groups is 2. The Morgan fingerprint density at radius 3 is 2.38 bits per heavy atom. The molecule has 16 heavy (non-hydrogen) atoms. The maximum absolute atomic E-state index is 9.98. The average molecular weight is 228 g/mol. The van der Waals surface area contributed by atoms with Crippen molar-refractivity contribution in [3.05, 3.63) is 0 Å². The van der Waals surface area contributed by atoms with E-state index >= 15 is 0 Å². The molecule has 3 unspecified atom stereocenters. The molecule has 0 aliphatic heterocycles. The highest BCUT2D eigenvalue weighted by atomic mass is 16.3. The molecule has 1 fully saturated rings. The van der Waals surface area contributed by atoms with Gasteiger partial charge in [-0.25, -0.2) is 0 Å². The zero-order valence-electron chi connectivity index (χ0n) is 11.2. The second kappa shape index (κ2) is 5.50. The molecule has 2 nitrogen and oxygen atoms in total. The lowest BCUT2D eigenvalue weighted by atomic mass is 9.72. The Bertz CT molecular complexity index is 205. The normalized spacial score (nSPS) is 32.1. The Morgan fingerprint density at radius 1 is 1.25 bits per heavy atom. The Morgan fingerprint density at radius 2 is 1.88 bits per heavy atom. The van der Waals surface area contributed by atoms with E-state index in [-0.39, 0.29) is 6.10 Å². The van der Waals surface area contributed by atoms with Gasteiger partial charge in [0.2, 0.25) is 0 Å². The highest BCUT2D eigenvalue weighted by Crippen LogP contribution is 2.36. The maximum atomic E-state index is 9.98. The first kappa shape index (κ1) is 14.0. The summed E-state index contributed by atoms with van der Waals surface area (Å²) < 4.78 is 0. The summed E-state index contributed by atoms with van der Waals surface area (Å²) in [6, 6.07) is 0. The van der Waals surface area contributed by atoms with E-state index in [2.05, 4.69) is 13.8 Å². The van der Waals surface area contributed by atoms with Crippen molar-refractivity contribution in [1.29, 1.82) is 0 Å². The summed E-state index contributed by atoms with van der Waals surface area (Å²) in [6.07, 6.45) is 4.84. The van der Waals surface area contributed by atoms with Gasteiger partial charge >= 0.3 is 0 Å². The summed E-state index contributed by atoms with van der Waals surface area (Å²) in [4.78, 5) is 0. The van der Waals surface area contributed by atoms with Gasteiger partial charge < -0.3 is 10.2 Å². The van der Waals surface area contributed by atoms with Crippen LogP contribution in [0.2, 0.25) is 0 Å².